The number of thiazole rings is 1. The van der Waals surface area contributed by atoms with Gasteiger partial charge in [0.15, 0.2) is 15.0 Å². The van der Waals surface area contributed by atoms with E-state index in [0.717, 1.165) is 27.9 Å². The Labute approximate surface area is 184 Å². The summed E-state index contributed by atoms with van der Waals surface area (Å²) >= 11 is 1.45. The Hall–Kier alpha value is -3.04. The fourth-order valence-corrected chi connectivity index (χ4v) is 4.98. The molecule has 2 aromatic carbocycles. The van der Waals surface area contributed by atoms with Gasteiger partial charge in [0.25, 0.3) is 5.91 Å². The molecule has 7 nitrogen and oxygen atoms in total. The molecule has 9 heteroatoms. The molecule has 0 N–H and O–H groups in total. The molecule has 0 aliphatic rings. The van der Waals surface area contributed by atoms with Crippen LogP contribution < -0.4 is 4.90 Å². The van der Waals surface area contributed by atoms with E-state index in [1.54, 1.807) is 17.0 Å². The number of para-hydroxylation sites is 1. The summed E-state index contributed by atoms with van der Waals surface area (Å²) in [5, 5.41) is 5.08. The predicted molar refractivity (Wildman–Crippen MR) is 123 cm³/mol. The number of aryl methyl sites for hydroxylation is 2. The van der Waals surface area contributed by atoms with Crippen LogP contribution in [-0.2, 0) is 16.4 Å². The number of benzene rings is 2. The summed E-state index contributed by atoms with van der Waals surface area (Å²) in [7, 11) is -3.33. The Morgan fingerprint density at radius 1 is 1.10 bits per heavy atom. The second-order valence-corrected chi connectivity index (χ2v) is 10.4. The summed E-state index contributed by atoms with van der Waals surface area (Å²) in [4.78, 5) is 19.9. The lowest BCUT2D eigenvalue weighted by Crippen LogP contribution is -2.34. The van der Waals surface area contributed by atoms with Crippen molar-refractivity contribution < 1.29 is 13.2 Å². The molecule has 31 heavy (non-hydrogen) atoms. The molecule has 0 atom stereocenters. The molecular formula is C22H22N4O3S2. The molecule has 2 heterocycles. The van der Waals surface area contributed by atoms with E-state index in [1.807, 2.05) is 48.9 Å². The standard InChI is InChI=1S/C22H22N4O3S2/c1-15-14-16(2)26(24-15)13-12-25(22-23-19-6-4-5-7-20(19)30-22)21(27)17-8-10-18(11-9-17)31(3,28)29/h4-11,14H,12-13H2,1-3H3. The zero-order valence-corrected chi connectivity index (χ0v) is 19.1. The number of anilines is 1. The summed E-state index contributed by atoms with van der Waals surface area (Å²) < 4.78 is 26.4. The van der Waals surface area contributed by atoms with Crippen LogP contribution in [0, 0.1) is 13.8 Å². The Kier molecular flexibility index (Phi) is 5.63. The normalized spacial score (nSPS) is 11.7. The molecular weight excluding hydrogens is 432 g/mol. The fraction of sp³-hybridized carbons (Fsp3) is 0.227. The van der Waals surface area contributed by atoms with Crippen LogP contribution in [0.3, 0.4) is 0 Å². The van der Waals surface area contributed by atoms with Gasteiger partial charge >= 0.3 is 0 Å². The van der Waals surface area contributed by atoms with Gasteiger partial charge < -0.3 is 0 Å². The van der Waals surface area contributed by atoms with Crippen LogP contribution in [0.25, 0.3) is 10.2 Å². The van der Waals surface area contributed by atoms with E-state index in [9.17, 15) is 13.2 Å². The number of hydrogen-bond donors (Lipinski definition) is 0. The van der Waals surface area contributed by atoms with Crippen LogP contribution in [0.1, 0.15) is 21.7 Å². The SMILES string of the molecule is Cc1cc(C)n(CCN(C(=O)c2ccc(S(C)(=O)=O)cc2)c2nc3ccccc3s2)n1. The summed E-state index contributed by atoms with van der Waals surface area (Å²) in [6.07, 6.45) is 1.14. The van der Waals surface area contributed by atoms with Crippen LogP contribution in [0.4, 0.5) is 5.13 Å². The number of amides is 1. The molecule has 0 bridgehead atoms. The third-order valence-electron chi connectivity index (χ3n) is 4.93. The van der Waals surface area contributed by atoms with E-state index >= 15 is 0 Å². The van der Waals surface area contributed by atoms with Gasteiger partial charge in [-0.3, -0.25) is 14.4 Å². The first kappa shape index (κ1) is 21.2. The average Bonchev–Trinajstić information content (AvgIpc) is 3.29. The lowest BCUT2D eigenvalue weighted by Gasteiger charge is -2.20. The summed E-state index contributed by atoms with van der Waals surface area (Å²) in [5.41, 5.74) is 3.18. The fourth-order valence-electron chi connectivity index (χ4n) is 3.36. The van der Waals surface area contributed by atoms with Crippen LogP contribution >= 0.6 is 11.3 Å². The highest BCUT2D eigenvalue weighted by molar-refractivity contribution is 7.90. The second kappa shape index (κ2) is 8.24. The smallest absolute Gasteiger partial charge is 0.260 e. The lowest BCUT2D eigenvalue weighted by molar-refractivity contribution is 0.0985. The lowest BCUT2D eigenvalue weighted by atomic mass is 10.2. The minimum Gasteiger partial charge on any atom is -0.282 e. The molecule has 0 fully saturated rings. The molecule has 160 valence electrons. The zero-order valence-electron chi connectivity index (χ0n) is 17.4. The average molecular weight is 455 g/mol. The Morgan fingerprint density at radius 2 is 1.81 bits per heavy atom. The molecule has 0 saturated heterocycles. The number of nitrogens with zero attached hydrogens (tertiary/aromatic N) is 4. The van der Waals surface area contributed by atoms with Gasteiger partial charge in [-0.05, 0) is 56.3 Å². The van der Waals surface area contributed by atoms with Gasteiger partial charge in [0.1, 0.15) is 0 Å². The summed E-state index contributed by atoms with van der Waals surface area (Å²) in [6, 6.07) is 15.7. The van der Waals surface area contributed by atoms with Gasteiger partial charge in [-0.25, -0.2) is 13.4 Å². The third-order valence-corrected chi connectivity index (χ3v) is 7.11. The van der Waals surface area contributed by atoms with Crippen molar-refractivity contribution in [2.24, 2.45) is 0 Å². The molecule has 2 aromatic heterocycles. The Bertz CT molecular complexity index is 1320. The van der Waals surface area contributed by atoms with Gasteiger partial charge in [0.05, 0.1) is 27.4 Å². The van der Waals surface area contributed by atoms with E-state index < -0.39 is 9.84 Å². The first-order valence-corrected chi connectivity index (χ1v) is 12.4. The number of aromatic nitrogens is 3. The Morgan fingerprint density at radius 3 is 2.42 bits per heavy atom. The predicted octanol–water partition coefficient (Wildman–Crippen LogP) is 3.86. The van der Waals surface area contributed by atoms with Crippen LogP contribution in [0.15, 0.2) is 59.5 Å². The molecule has 0 unspecified atom stereocenters. The summed E-state index contributed by atoms with van der Waals surface area (Å²) in [5.74, 6) is -0.236. The number of fused-ring (bicyclic) bond motifs is 1. The molecule has 1 amide bonds. The van der Waals surface area contributed by atoms with Crippen molar-refractivity contribution in [2.75, 3.05) is 17.7 Å². The number of hydrogen-bond acceptors (Lipinski definition) is 6. The highest BCUT2D eigenvalue weighted by Gasteiger charge is 2.22. The number of carbonyl (C=O) groups excluding carboxylic acids is 1. The minimum atomic E-state index is -3.33. The van der Waals surface area contributed by atoms with Gasteiger partial charge in [0.2, 0.25) is 0 Å². The van der Waals surface area contributed by atoms with Crippen LogP contribution in [-0.4, -0.2) is 41.9 Å². The largest absolute Gasteiger partial charge is 0.282 e. The zero-order chi connectivity index (χ0) is 22.2. The highest BCUT2D eigenvalue weighted by Crippen LogP contribution is 2.29. The molecule has 0 aliphatic heterocycles. The van der Waals surface area contributed by atoms with Crippen LogP contribution in [0.2, 0.25) is 0 Å². The quantitative estimate of drug-likeness (QED) is 0.442. The second-order valence-electron chi connectivity index (χ2n) is 7.37. The number of rotatable bonds is 6. The van der Waals surface area contributed by atoms with E-state index in [4.69, 9.17) is 0 Å². The van der Waals surface area contributed by atoms with Crippen LogP contribution in [0.5, 0.6) is 0 Å². The number of carbonyl (C=O) groups is 1. The minimum absolute atomic E-state index is 0.179. The third kappa shape index (κ3) is 4.52. The monoisotopic (exact) mass is 454 g/mol. The van der Waals surface area contributed by atoms with Crippen molar-refractivity contribution in [2.45, 2.75) is 25.3 Å². The first-order valence-electron chi connectivity index (χ1n) is 9.71. The molecule has 0 radical (unpaired) electrons. The van der Waals surface area contributed by atoms with Crippen molar-refractivity contribution in [1.29, 1.82) is 0 Å². The maximum atomic E-state index is 13.4. The number of sulfone groups is 1. The molecule has 4 aromatic rings. The van der Waals surface area contributed by atoms with E-state index in [1.165, 1.54) is 23.5 Å². The maximum absolute atomic E-state index is 13.4. The van der Waals surface area contributed by atoms with Gasteiger partial charge in [0, 0.05) is 24.1 Å². The highest BCUT2D eigenvalue weighted by atomic mass is 32.2. The molecule has 0 aliphatic carbocycles. The summed E-state index contributed by atoms with van der Waals surface area (Å²) in [6.45, 7) is 4.81. The van der Waals surface area contributed by atoms with Gasteiger partial charge in [-0.15, -0.1) is 0 Å². The van der Waals surface area contributed by atoms with Gasteiger partial charge in [-0.2, -0.15) is 5.10 Å². The van der Waals surface area contributed by atoms with Crippen molar-refractivity contribution in [3.8, 4) is 0 Å². The molecule has 4 rings (SSSR count). The topological polar surface area (TPSA) is 85.2 Å². The van der Waals surface area contributed by atoms with Crippen molar-refractivity contribution >= 4 is 42.4 Å². The first-order chi connectivity index (χ1) is 14.7. The Balaban J connectivity index is 1.68. The van der Waals surface area contributed by atoms with Crippen molar-refractivity contribution in [1.82, 2.24) is 14.8 Å². The molecule has 0 saturated carbocycles. The molecule has 0 spiro atoms. The van der Waals surface area contributed by atoms with E-state index in [2.05, 4.69) is 10.1 Å². The maximum Gasteiger partial charge on any atom is 0.260 e. The van der Waals surface area contributed by atoms with Gasteiger partial charge in [-0.1, -0.05) is 23.5 Å². The van der Waals surface area contributed by atoms with E-state index in [-0.39, 0.29) is 10.8 Å². The van der Waals surface area contributed by atoms with Crippen molar-refractivity contribution in [3.05, 3.63) is 71.5 Å². The van der Waals surface area contributed by atoms with Crippen molar-refractivity contribution in [3.63, 3.8) is 0 Å². The van der Waals surface area contributed by atoms with E-state index in [0.29, 0.717) is 23.8 Å².